The number of hydrogen-bond donors (Lipinski definition) is 1. The van der Waals surface area contributed by atoms with Crippen molar-refractivity contribution in [2.75, 3.05) is 62.6 Å². The van der Waals surface area contributed by atoms with Gasteiger partial charge in [-0.3, -0.25) is 4.79 Å². The van der Waals surface area contributed by atoms with Crippen LogP contribution in [0.5, 0.6) is 0 Å². The summed E-state index contributed by atoms with van der Waals surface area (Å²) in [5.41, 5.74) is 2.32. The molecule has 24 heavy (non-hydrogen) atoms. The zero-order valence-electron chi connectivity index (χ0n) is 15.4. The minimum atomic E-state index is 0.262. The van der Waals surface area contributed by atoms with Crippen LogP contribution in [-0.2, 0) is 4.79 Å². The van der Waals surface area contributed by atoms with E-state index in [4.69, 9.17) is 0 Å². The summed E-state index contributed by atoms with van der Waals surface area (Å²) in [6, 6.07) is 8.47. The van der Waals surface area contributed by atoms with Crippen LogP contribution in [0.15, 0.2) is 24.3 Å². The van der Waals surface area contributed by atoms with Crippen molar-refractivity contribution in [3.05, 3.63) is 24.3 Å². The molecule has 0 aromatic heterocycles. The second-order valence-corrected chi connectivity index (χ2v) is 6.21. The van der Waals surface area contributed by atoms with Gasteiger partial charge in [0.2, 0.25) is 5.91 Å². The minimum absolute atomic E-state index is 0.262. The highest BCUT2D eigenvalue weighted by molar-refractivity contribution is 5.76. The van der Waals surface area contributed by atoms with Crippen LogP contribution in [0, 0.1) is 0 Å². The predicted octanol–water partition coefficient (Wildman–Crippen LogP) is 2.50. The third-order valence-corrected chi connectivity index (χ3v) is 4.84. The molecule has 0 spiro atoms. The lowest BCUT2D eigenvalue weighted by Gasteiger charge is -2.34. The lowest BCUT2D eigenvalue weighted by molar-refractivity contribution is -0.132. The molecule has 0 atom stereocenters. The molecule has 1 saturated heterocycles. The second-order valence-electron chi connectivity index (χ2n) is 6.21. The Hall–Kier alpha value is -1.75. The molecular weight excluding hydrogens is 300 g/mol. The van der Waals surface area contributed by atoms with Crippen LogP contribution in [0.4, 0.5) is 11.4 Å². The SMILES string of the molecule is CCN1CCN(C(=O)CCNc2ccc(N(CC)CC)cc2)CC1. The van der Waals surface area contributed by atoms with Gasteiger partial charge in [0.05, 0.1) is 0 Å². The average molecular weight is 332 g/mol. The normalized spacial score (nSPS) is 15.4. The van der Waals surface area contributed by atoms with Gasteiger partial charge in [-0.15, -0.1) is 0 Å². The van der Waals surface area contributed by atoms with Crippen LogP contribution >= 0.6 is 0 Å². The Balaban J connectivity index is 1.73. The number of carbonyl (C=O) groups excluding carboxylic acids is 1. The van der Waals surface area contributed by atoms with Crippen molar-refractivity contribution in [1.29, 1.82) is 0 Å². The number of piperazine rings is 1. The number of amides is 1. The molecule has 1 aromatic rings. The Morgan fingerprint density at radius 3 is 2.21 bits per heavy atom. The Morgan fingerprint density at radius 1 is 1.04 bits per heavy atom. The molecule has 0 radical (unpaired) electrons. The van der Waals surface area contributed by atoms with Crippen molar-refractivity contribution >= 4 is 17.3 Å². The molecule has 1 aliphatic heterocycles. The monoisotopic (exact) mass is 332 g/mol. The van der Waals surface area contributed by atoms with Gasteiger partial charge in [0, 0.05) is 63.6 Å². The highest BCUT2D eigenvalue weighted by Gasteiger charge is 2.19. The smallest absolute Gasteiger partial charge is 0.224 e. The van der Waals surface area contributed by atoms with E-state index in [9.17, 15) is 4.79 Å². The maximum absolute atomic E-state index is 12.3. The molecule has 5 heteroatoms. The molecule has 0 saturated carbocycles. The minimum Gasteiger partial charge on any atom is -0.385 e. The third-order valence-electron chi connectivity index (χ3n) is 4.84. The van der Waals surface area contributed by atoms with E-state index in [0.29, 0.717) is 13.0 Å². The number of carbonyl (C=O) groups is 1. The van der Waals surface area contributed by atoms with Gasteiger partial charge in [-0.25, -0.2) is 0 Å². The first-order valence-corrected chi connectivity index (χ1v) is 9.26. The summed E-state index contributed by atoms with van der Waals surface area (Å²) in [4.78, 5) is 19.0. The summed E-state index contributed by atoms with van der Waals surface area (Å²) in [5.74, 6) is 0.262. The molecule has 1 aromatic carbocycles. The number of anilines is 2. The van der Waals surface area contributed by atoms with E-state index in [1.54, 1.807) is 0 Å². The van der Waals surface area contributed by atoms with Crippen LogP contribution in [-0.4, -0.2) is 68.1 Å². The standard InChI is InChI=1S/C19H32N4O/c1-4-21-13-15-23(16-14-21)19(24)11-12-20-17-7-9-18(10-8-17)22(5-2)6-3/h7-10,20H,4-6,11-16H2,1-3H3. The molecule has 2 rings (SSSR count). The van der Waals surface area contributed by atoms with E-state index in [1.165, 1.54) is 5.69 Å². The number of likely N-dealkylation sites (N-methyl/N-ethyl adjacent to an activating group) is 1. The molecule has 1 N–H and O–H groups in total. The average Bonchev–Trinajstić information content (AvgIpc) is 2.64. The van der Waals surface area contributed by atoms with Crippen LogP contribution in [0.3, 0.4) is 0 Å². The van der Waals surface area contributed by atoms with Gasteiger partial charge >= 0.3 is 0 Å². The molecule has 0 aliphatic carbocycles. The van der Waals surface area contributed by atoms with Gasteiger partial charge in [-0.1, -0.05) is 6.92 Å². The first kappa shape index (κ1) is 18.6. The van der Waals surface area contributed by atoms with Crippen LogP contribution in [0.25, 0.3) is 0 Å². The third kappa shape index (κ3) is 5.13. The fourth-order valence-corrected chi connectivity index (χ4v) is 3.16. The van der Waals surface area contributed by atoms with E-state index >= 15 is 0 Å². The number of nitrogens with one attached hydrogen (secondary N) is 1. The van der Waals surface area contributed by atoms with Crippen molar-refractivity contribution in [3.63, 3.8) is 0 Å². The summed E-state index contributed by atoms with van der Waals surface area (Å²) in [6.45, 7) is 14.0. The van der Waals surface area contributed by atoms with Crippen LogP contribution in [0.1, 0.15) is 27.2 Å². The molecule has 1 heterocycles. The van der Waals surface area contributed by atoms with Crippen LogP contribution < -0.4 is 10.2 Å². The van der Waals surface area contributed by atoms with Gasteiger partial charge in [0.15, 0.2) is 0 Å². The molecule has 1 fully saturated rings. The van der Waals surface area contributed by atoms with Crippen molar-refractivity contribution in [3.8, 4) is 0 Å². The maximum atomic E-state index is 12.3. The molecule has 5 nitrogen and oxygen atoms in total. The predicted molar refractivity (Wildman–Crippen MR) is 102 cm³/mol. The maximum Gasteiger partial charge on any atom is 0.224 e. The van der Waals surface area contributed by atoms with E-state index in [1.807, 2.05) is 4.90 Å². The van der Waals surface area contributed by atoms with Crippen molar-refractivity contribution in [2.45, 2.75) is 27.2 Å². The summed E-state index contributed by atoms with van der Waals surface area (Å²) in [5, 5.41) is 3.36. The Bertz CT molecular complexity index is 491. The molecule has 1 aliphatic rings. The van der Waals surface area contributed by atoms with Gasteiger partial charge in [-0.2, -0.15) is 0 Å². The van der Waals surface area contributed by atoms with Gasteiger partial charge < -0.3 is 20.0 Å². The Morgan fingerprint density at radius 2 is 1.67 bits per heavy atom. The first-order chi connectivity index (χ1) is 11.7. The van der Waals surface area contributed by atoms with E-state index in [0.717, 1.165) is 51.5 Å². The fraction of sp³-hybridized carbons (Fsp3) is 0.632. The van der Waals surface area contributed by atoms with Gasteiger partial charge in [-0.05, 0) is 44.7 Å². The number of benzene rings is 1. The van der Waals surface area contributed by atoms with Gasteiger partial charge in [0.25, 0.3) is 0 Å². The Labute approximate surface area is 146 Å². The summed E-state index contributed by atoms with van der Waals surface area (Å²) in [6.07, 6.45) is 0.559. The quantitative estimate of drug-likeness (QED) is 0.794. The Kier molecular flexibility index (Phi) is 7.37. The van der Waals surface area contributed by atoms with E-state index in [2.05, 4.69) is 60.2 Å². The molecule has 0 unspecified atom stereocenters. The molecule has 0 bridgehead atoms. The largest absolute Gasteiger partial charge is 0.385 e. The van der Waals surface area contributed by atoms with E-state index in [-0.39, 0.29) is 5.91 Å². The topological polar surface area (TPSA) is 38.8 Å². The lowest BCUT2D eigenvalue weighted by atomic mass is 10.2. The highest BCUT2D eigenvalue weighted by atomic mass is 16.2. The summed E-state index contributed by atoms with van der Waals surface area (Å²) in [7, 11) is 0. The highest BCUT2D eigenvalue weighted by Crippen LogP contribution is 2.17. The molecule has 134 valence electrons. The number of rotatable bonds is 8. The van der Waals surface area contributed by atoms with Crippen molar-refractivity contribution in [1.82, 2.24) is 9.80 Å². The first-order valence-electron chi connectivity index (χ1n) is 9.26. The number of hydrogen-bond acceptors (Lipinski definition) is 4. The molecule has 1 amide bonds. The zero-order valence-corrected chi connectivity index (χ0v) is 15.4. The zero-order chi connectivity index (χ0) is 17.4. The lowest BCUT2D eigenvalue weighted by Crippen LogP contribution is -2.48. The van der Waals surface area contributed by atoms with E-state index < -0.39 is 0 Å². The summed E-state index contributed by atoms with van der Waals surface area (Å²) >= 11 is 0. The van der Waals surface area contributed by atoms with Crippen molar-refractivity contribution < 1.29 is 4.79 Å². The van der Waals surface area contributed by atoms with Crippen LogP contribution in [0.2, 0.25) is 0 Å². The fourth-order valence-electron chi connectivity index (χ4n) is 3.16. The summed E-state index contributed by atoms with van der Waals surface area (Å²) < 4.78 is 0. The second kappa shape index (κ2) is 9.52. The van der Waals surface area contributed by atoms with Crippen molar-refractivity contribution in [2.24, 2.45) is 0 Å². The number of nitrogens with zero attached hydrogens (tertiary/aromatic N) is 3. The molecular formula is C19H32N4O. The van der Waals surface area contributed by atoms with Gasteiger partial charge in [0.1, 0.15) is 0 Å².